The van der Waals surface area contributed by atoms with Gasteiger partial charge in [0.15, 0.2) is 0 Å². The van der Waals surface area contributed by atoms with Crippen LogP contribution in [0.3, 0.4) is 0 Å². The molecular formula is C18H26N4O2. The van der Waals surface area contributed by atoms with Gasteiger partial charge in [0.1, 0.15) is 0 Å². The van der Waals surface area contributed by atoms with E-state index in [1.807, 2.05) is 35.9 Å². The normalized spacial score (nSPS) is 21.8. The summed E-state index contributed by atoms with van der Waals surface area (Å²) in [6.07, 6.45) is 9.98. The Kier molecular flexibility index (Phi) is 5.04. The molecule has 0 aromatic carbocycles. The third-order valence-electron chi connectivity index (χ3n) is 4.94. The van der Waals surface area contributed by atoms with Gasteiger partial charge in [-0.2, -0.15) is 5.10 Å². The molecule has 130 valence electrons. The second-order valence-electron chi connectivity index (χ2n) is 6.86. The molecule has 24 heavy (non-hydrogen) atoms. The van der Waals surface area contributed by atoms with Crippen molar-refractivity contribution in [2.75, 3.05) is 27.2 Å². The highest BCUT2D eigenvalue weighted by molar-refractivity contribution is 5.78. The van der Waals surface area contributed by atoms with Crippen LogP contribution in [0.2, 0.25) is 0 Å². The highest BCUT2D eigenvalue weighted by Crippen LogP contribution is 2.35. The molecule has 0 spiro atoms. The number of rotatable bonds is 5. The molecule has 2 atom stereocenters. The average Bonchev–Trinajstić information content (AvgIpc) is 3.19. The predicted molar refractivity (Wildman–Crippen MR) is 91.4 cm³/mol. The first-order valence-corrected chi connectivity index (χ1v) is 8.48. The fourth-order valence-corrected chi connectivity index (χ4v) is 3.73. The molecule has 2 aromatic heterocycles. The first-order chi connectivity index (χ1) is 11.5. The zero-order valence-corrected chi connectivity index (χ0v) is 14.7. The van der Waals surface area contributed by atoms with Gasteiger partial charge in [-0.05, 0) is 44.0 Å². The summed E-state index contributed by atoms with van der Waals surface area (Å²) in [4.78, 5) is 16.7. The Labute approximate surface area is 143 Å². The van der Waals surface area contributed by atoms with E-state index < -0.39 is 0 Å². The van der Waals surface area contributed by atoms with E-state index in [1.165, 1.54) is 12.0 Å². The van der Waals surface area contributed by atoms with Crippen LogP contribution >= 0.6 is 0 Å². The van der Waals surface area contributed by atoms with E-state index in [-0.39, 0.29) is 5.91 Å². The van der Waals surface area contributed by atoms with E-state index in [0.717, 1.165) is 25.1 Å². The maximum atomic E-state index is 12.5. The summed E-state index contributed by atoms with van der Waals surface area (Å²) >= 11 is 0. The molecule has 1 amide bonds. The third kappa shape index (κ3) is 3.70. The number of piperidine rings is 1. The Balaban J connectivity index is 1.68. The number of aromatic nitrogens is 2. The number of likely N-dealkylation sites (N-methyl/N-ethyl adjacent to an activating group) is 1. The number of likely N-dealkylation sites (tertiary alicyclic amines) is 1. The van der Waals surface area contributed by atoms with Crippen molar-refractivity contribution in [1.29, 1.82) is 0 Å². The van der Waals surface area contributed by atoms with E-state index in [1.54, 1.807) is 12.5 Å². The van der Waals surface area contributed by atoms with Gasteiger partial charge in [-0.1, -0.05) is 0 Å². The SMILES string of the molecule is CN(C[C@@H]1CCCN(C)[C@H]1c1cnn(C)c1)C(=O)Cc1ccoc1. The maximum Gasteiger partial charge on any atom is 0.226 e. The minimum absolute atomic E-state index is 0.134. The summed E-state index contributed by atoms with van der Waals surface area (Å²) in [5.74, 6) is 0.556. The number of nitrogens with zero attached hydrogens (tertiary/aromatic N) is 4. The van der Waals surface area contributed by atoms with Crippen molar-refractivity contribution < 1.29 is 9.21 Å². The molecule has 0 N–H and O–H groups in total. The lowest BCUT2D eigenvalue weighted by atomic mass is 9.85. The van der Waals surface area contributed by atoms with Crippen molar-refractivity contribution in [1.82, 2.24) is 19.6 Å². The van der Waals surface area contributed by atoms with Crippen LogP contribution in [0.4, 0.5) is 0 Å². The highest BCUT2D eigenvalue weighted by atomic mass is 16.3. The van der Waals surface area contributed by atoms with Gasteiger partial charge < -0.3 is 9.32 Å². The molecule has 3 rings (SSSR count). The van der Waals surface area contributed by atoms with Crippen molar-refractivity contribution in [3.63, 3.8) is 0 Å². The molecular weight excluding hydrogens is 304 g/mol. The number of hydrogen-bond donors (Lipinski definition) is 0. The number of carbonyl (C=O) groups is 1. The zero-order valence-electron chi connectivity index (χ0n) is 14.7. The zero-order chi connectivity index (χ0) is 17.1. The van der Waals surface area contributed by atoms with Crippen LogP contribution in [0.25, 0.3) is 0 Å². The summed E-state index contributed by atoms with van der Waals surface area (Å²) in [5.41, 5.74) is 2.16. The van der Waals surface area contributed by atoms with Gasteiger partial charge in [0.25, 0.3) is 0 Å². The fraction of sp³-hybridized carbons (Fsp3) is 0.556. The molecule has 6 nitrogen and oxygen atoms in total. The van der Waals surface area contributed by atoms with Gasteiger partial charge in [-0.25, -0.2) is 0 Å². The molecule has 0 unspecified atom stereocenters. The fourth-order valence-electron chi connectivity index (χ4n) is 3.73. The lowest BCUT2D eigenvalue weighted by Gasteiger charge is -2.40. The Bertz CT molecular complexity index is 664. The summed E-state index contributed by atoms with van der Waals surface area (Å²) in [6.45, 7) is 1.85. The van der Waals surface area contributed by atoms with Crippen molar-refractivity contribution >= 4 is 5.91 Å². The van der Waals surface area contributed by atoms with Crippen molar-refractivity contribution in [3.05, 3.63) is 42.1 Å². The van der Waals surface area contributed by atoms with Crippen LogP contribution in [0.1, 0.15) is 30.0 Å². The van der Waals surface area contributed by atoms with Crippen molar-refractivity contribution in [3.8, 4) is 0 Å². The predicted octanol–water partition coefficient (Wildman–Crippen LogP) is 2.10. The Hall–Kier alpha value is -2.08. The Morgan fingerprint density at radius 2 is 2.29 bits per heavy atom. The topological polar surface area (TPSA) is 54.5 Å². The van der Waals surface area contributed by atoms with E-state index in [4.69, 9.17) is 4.42 Å². The molecule has 1 saturated heterocycles. The van der Waals surface area contributed by atoms with Gasteiger partial charge >= 0.3 is 0 Å². The first kappa shape index (κ1) is 16.8. The Morgan fingerprint density at radius 1 is 1.46 bits per heavy atom. The minimum Gasteiger partial charge on any atom is -0.472 e. The van der Waals surface area contributed by atoms with E-state index >= 15 is 0 Å². The molecule has 2 aromatic rings. The molecule has 0 radical (unpaired) electrons. The van der Waals surface area contributed by atoms with Gasteiger partial charge in [0.2, 0.25) is 5.91 Å². The smallest absolute Gasteiger partial charge is 0.226 e. The average molecular weight is 330 g/mol. The number of hydrogen-bond acceptors (Lipinski definition) is 4. The molecule has 1 aliphatic rings. The standard InChI is InChI=1S/C18H26N4O2/c1-20-7-4-5-15(18(20)16-10-19-22(3)12-16)11-21(2)17(23)9-14-6-8-24-13-14/h6,8,10,12-13,15,18H,4-5,7,9,11H2,1-3H3/t15-,18+/m0/s1. The third-order valence-corrected chi connectivity index (χ3v) is 4.94. The quantitative estimate of drug-likeness (QED) is 0.842. The number of carbonyl (C=O) groups excluding carboxylic acids is 1. The van der Waals surface area contributed by atoms with Crippen molar-refractivity contribution in [2.45, 2.75) is 25.3 Å². The molecule has 0 aliphatic carbocycles. The summed E-state index contributed by atoms with van der Waals surface area (Å²) < 4.78 is 6.90. The second kappa shape index (κ2) is 7.21. The first-order valence-electron chi connectivity index (χ1n) is 8.48. The molecule has 0 saturated carbocycles. The Morgan fingerprint density at radius 3 is 2.96 bits per heavy atom. The monoisotopic (exact) mass is 330 g/mol. The van der Waals surface area contributed by atoms with Gasteiger partial charge in [-0.3, -0.25) is 14.4 Å². The minimum atomic E-state index is 0.134. The van der Waals surface area contributed by atoms with Gasteiger partial charge in [0.05, 0.1) is 25.1 Å². The van der Waals surface area contributed by atoms with E-state index in [2.05, 4.69) is 23.2 Å². The lowest BCUT2D eigenvalue weighted by Crippen LogP contribution is -2.42. The highest BCUT2D eigenvalue weighted by Gasteiger charge is 2.32. The maximum absolute atomic E-state index is 12.5. The molecule has 1 fully saturated rings. The number of furan rings is 1. The van der Waals surface area contributed by atoms with Gasteiger partial charge in [-0.15, -0.1) is 0 Å². The van der Waals surface area contributed by atoms with Gasteiger partial charge in [0, 0.05) is 38.4 Å². The molecule has 6 heteroatoms. The summed E-state index contributed by atoms with van der Waals surface area (Å²) in [7, 11) is 6.01. The number of amides is 1. The number of aryl methyl sites for hydroxylation is 1. The van der Waals surface area contributed by atoms with Crippen molar-refractivity contribution in [2.24, 2.45) is 13.0 Å². The lowest BCUT2D eigenvalue weighted by molar-refractivity contribution is -0.130. The van der Waals surface area contributed by atoms with E-state index in [0.29, 0.717) is 18.4 Å². The van der Waals surface area contributed by atoms with Crippen LogP contribution in [-0.4, -0.2) is 52.7 Å². The molecule has 3 heterocycles. The van der Waals surface area contributed by atoms with Crippen LogP contribution in [0, 0.1) is 5.92 Å². The molecule has 0 bridgehead atoms. The molecule has 1 aliphatic heterocycles. The van der Waals surface area contributed by atoms with Crippen LogP contribution in [-0.2, 0) is 18.3 Å². The summed E-state index contributed by atoms with van der Waals surface area (Å²) in [6, 6.07) is 2.16. The van der Waals surface area contributed by atoms with Crippen LogP contribution < -0.4 is 0 Å². The second-order valence-corrected chi connectivity index (χ2v) is 6.86. The summed E-state index contributed by atoms with van der Waals surface area (Å²) in [5, 5.41) is 4.32. The van der Waals surface area contributed by atoms with Crippen LogP contribution in [0.15, 0.2) is 35.4 Å². The van der Waals surface area contributed by atoms with Crippen LogP contribution in [0.5, 0.6) is 0 Å². The van der Waals surface area contributed by atoms with E-state index in [9.17, 15) is 4.79 Å². The largest absolute Gasteiger partial charge is 0.472 e.